The number of nitrogens with zero attached hydrogens (tertiary/aromatic N) is 2. The molecule has 1 N–H and O–H groups in total. The number of aromatic carboxylic acids is 1. The lowest BCUT2D eigenvalue weighted by Crippen LogP contribution is -2.14. The molecule has 0 radical (unpaired) electrons. The zero-order valence-electron chi connectivity index (χ0n) is 12.4. The molecule has 0 atom stereocenters. The van der Waals surface area contributed by atoms with Crippen molar-refractivity contribution in [3.05, 3.63) is 46.8 Å². The number of methoxy groups -OCH3 is 1. The van der Waals surface area contributed by atoms with E-state index in [4.69, 9.17) is 0 Å². The summed E-state index contributed by atoms with van der Waals surface area (Å²) in [5, 5.41) is 13.4. The van der Waals surface area contributed by atoms with Crippen LogP contribution >= 0.6 is 0 Å². The maximum Gasteiger partial charge on any atom is 0.357 e. The Morgan fingerprint density at radius 1 is 1.22 bits per heavy atom. The van der Waals surface area contributed by atoms with Crippen molar-refractivity contribution in [1.29, 1.82) is 0 Å². The number of rotatable bonds is 3. The normalized spacial score (nSPS) is 13.5. The topological polar surface area (TPSA) is 98.5 Å². The summed E-state index contributed by atoms with van der Waals surface area (Å²) in [5.41, 5.74) is 1.55. The Balaban J connectivity index is 2.10. The zero-order chi connectivity index (χ0) is 16.6. The molecule has 1 aromatic carbocycles. The first kappa shape index (κ1) is 15.0. The molecule has 0 spiro atoms. The second-order valence-corrected chi connectivity index (χ2v) is 5.20. The van der Waals surface area contributed by atoms with Gasteiger partial charge in [-0.2, -0.15) is 5.10 Å². The van der Waals surface area contributed by atoms with E-state index in [9.17, 15) is 19.5 Å². The number of hydrogen-bond donors (Lipinski definition) is 1. The third kappa shape index (κ3) is 2.50. The average Bonchev–Trinajstić information content (AvgIpc) is 2.95. The number of ether oxygens (including phenoxy) is 1. The second kappa shape index (κ2) is 5.68. The molecule has 0 saturated carbocycles. The summed E-state index contributed by atoms with van der Waals surface area (Å²) in [6.45, 7) is 0. The molecule has 1 heterocycles. The number of carbonyl (C=O) groups is 3. The Kier molecular flexibility index (Phi) is 3.69. The monoisotopic (exact) mass is 314 g/mol. The van der Waals surface area contributed by atoms with Crippen LogP contribution in [0.2, 0.25) is 0 Å². The highest BCUT2D eigenvalue weighted by atomic mass is 16.5. The van der Waals surface area contributed by atoms with E-state index in [1.54, 1.807) is 24.3 Å². The molecule has 1 aromatic heterocycles. The van der Waals surface area contributed by atoms with E-state index >= 15 is 0 Å². The minimum atomic E-state index is -1.22. The predicted octanol–water partition coefficient (Wildman–Crippen LogP) is 1.88. The van der Waals surface area contributed by atoms with E-state index in [0.717, 1.165) is 0 Å². The molecule has 1 aliphatic rings. The number of fused-ring (bicyclic) bond motifs is 1. The molecule has 0 amide bonds. The van der Waals surface area contributed by atoms with Crippen LogP contribution < -0.4 is 0 Å². The van der Waals surface area contributed by atoms with Gasteiger partial charge in [-0.25, -0.2) is 14.3 Å². The third-order valence-corrected chi connectivity index (χ3v) is 3.81. The number of esters is 1. The van der Waals surface area contributed by atoms with Crippen molar-refractivity contribution < 1.29 is 24.2 Å². The molecule has 7 heteroatoms. The number of carbonyl (C=O) groups excluding carboxylic acids is 2. The first-order chi connectivity index (χ1) is 11.0. The van der Waals surface area contributed by atoms with Gasteiger partial charge in [0.05, 0.1) is 29.6 Å². The molecule has 23 heavy (non-hydrogen) atoms. The lowest BCUT2D eigenvalue weighted by Gasteiger charge is -2.13. The van der Waals surface area contributed by atoms with Crippen LogP contribution in [0.15, 0.2) is 24.3 Å². The number of ketones is 1. The molecule has 0 bridgehead atoms. The summed E-state index contributed by atoms with van der Waals surface area (Å²) in [7, 11) is 1.30. The SMILES string of the molecule is COC(=O)c1ccc(-n2nc(C(=O)O)c3c2CCCC3=O)cc1. The lowest BCUT2D eigenvalue weighted by molar-refractivity contribution is 0.0599. The van der Waals surface area contributed by atoms with Gasteiger partial charge in [-0.05, 0) is 37.1 Å². The van der Waals surface area contributed by atoms with Gasteiger partial charge < -0.3 is 9.84 Å². The highest BCUT2D eigenvalue weighted by Gasteiger charge is 2.30. The fourth-order valence-electron chi connectivity index (χ4n) is 2.74. The third-order valence-electron chi connectivity index (χ3n) is 3.81. The predicted molar refractivity (Wildman–Crippen MR) is 79.1 cm³/mol. The van der Waals surface area contributed by atoms with Crippen molar-refractivity contribution in [2.75, 3.05) is 7.11 Å². The number of aromatic nitrogens is 2. The maximum atomic E-state index is 12.1. The Labute approximate surface area is 131 Å². The quantitative estimate of drug-likeness (QED) is 0.868. The van der Waals surface area contributed by atoms with E-state index in [-0.39, 0.29) is 17.0 Å². The summed E-state index contributed by atoms with van der Waals surface area (Å²) >= 11 is 0. The fourth-order valence-corrected chi connectivity index (χ4v) is 2.74. The molecule has 0 aliphatic heterocycles. The molecule has 2 aromatic rings. The first-order valence-electron chi connectivity index (χ1n) is 7.10. The van der Waals surface area contributed by atoms with Crippen molar-refractivity contribution in [1.82, 2.24) is 9.78 Å². The Hall–Kier alpha value is -2.96. The van der Waals surface area contributed by atoms with Gasteiger partial charge in [0.15, 0.2) is 11.5 Å². The highest BCUT2D eigenvalue weighted by molar-refractivity contribution is 6.06. The minimum Gasteiger partial charge on any atom is -0.476 e. The molecule has 3 rings (SSSR count). The van der Waals surface area contributed by atoms with Gasteiger partial charge in [0, 0.05) is 6.42 Å². The summed E-state index contributed by atoms with van der Waals surface area (Å²) in [6, 6.07) is 6.43. The van der Waals surface area contributed by atoms with Gasteiger partial charge in [-0.3, -0.25) is 4.79 Å². The van der Waals surface area contributed by atoms with E-state index < -0.39 is 11.9 Å². The minimum absolute atomic E-state index is 0.193. The van der Waals surface area contributed by atoms with Crippen LogP contribution in [0.3, 0.4) is 0 Å². The Bertz CT molecular complexity index is 805. The summed E-state index contributed by atoms with van der Waals surface area (Å²) in [5.74, 6) is -1.87. The first-order valence-corrected chi connectivity index (χ1v) is 7.10. The van der Waals surface area contributed by atoms with Gasteiger partial charge in [0.2, 0.25) is 0 Å². The Morgan fingerprint density at radius 3 is 2.52 bits per heavy atom. The van der Waals surface area contributed by atoms with Crippen molar-refractivity contribution in [2.24, 2.45) is 0 Å². The van der Waals surface area contributed by atoms with Crippen LogP contribution in [0.4, 0.5) is 0 Å². The van der Waals surface area contributed by atoms with E-state index in [2.05, 4.69) is 9.84 Å². The summed E-state index contributed by atoms with van der Waals surface area (Å²) in [4.78, 5) is 34.9. The summed E-state index contributed by atoms with van der Waals surface area (Å²) in [6.07, 6.45) is 1.58. The van der Waals surface area contributed by atoms with Gasteiger partial charge in [-0.15, -0.1) is 0 Å². The molecule has 0 saturated heterocycles. The second-order valence-electron chi connectivity index (χ2n) is 5.20. The van der Waals surface area contributed by atoms with Crippen LogP contribution in [0.1, 0.15) is 49.7 Å². The standard InChI is InChI=1S/C16H14N2O5/c1-23-16(22)9-5-7-10(8-6-9)18-11-3-2-4-12(19)13(11)14(17-18)15(20)21/h5-8H,2-4H2,1H3,(H,20,21). The number of hydrogen-bond acceptors (Lipinski definition) is 5. The molecular formula is C16H14N2O5. The van der Waals surface area contributed by atoms with Gasteiger partial charge in [0.1, 0.15) is 0 Å². The highest BCUT2D eigenvalue weighted by Crippen LogP contribution is 2.27. The van der Waals surface area contributed by atoms with Gasteiger partial charge in [-0.1, -0.05) is 0 Å². The number of benzene rings is 1. The summed E-state index contributed by atoms with van der Waals surface area (Å²) < 4.78 is 6.11. The van der Waals surface area contributed by atoms with Crippen molar-refractivity contribution in [2.45, 2.75) is 19.3 Å². The number of carboxylic acids is 1. The average molecular weight is 314 g/mol. The van der Waals surface area contributed by atoms with Crippen molar-refractivity contribution in [3.8, 4) is 5.69 Å². The van der Waals surface area contributed by atoms with Crippen LogP contribution in [0.5, 0.6) is 0 Å². The van der Waals surface area contributed by atoms with Crippen LogP contribution in [0, 0.1) is 0 Å². The molecule has 0 unspecified atom stereocenters. The van der Waals surface area contributed by atoms with Crippen molar-refractivity contribution >= 4 is 17.7 Å². The molecule has 118 valence electrons. The molecule has 0 fully saturated rings. The molecular weight excluding hydrogens is 300 g/mol. The van der Waals surface area contributed by atoms with Crippen LogP contribution in [0.25, 0.3) is 5.69 Å². The van der Waals surface area contributed by atoms with E-state index in [1.807, 2.05) is 0 Å². The smallest absolute Gasteiger partial charge is 0.357 e. The van der Waals surface area contributed by atoms with E-state index in [0.29, 0.717) is 36.2 Å². The van der Waals surface area contributed by atoms with Crippen molar-refractivity contribution in [3.63, 3.8) is 0 Å². The van der Waals surface area contributed by atoms with Gasteiger partial charge >= 0.3 is 11.9 Å². The van der Waals surface area contributed by atoms with Gasteiger partial charge in [0.25, 0.3) is 0 Å². The number of carboxylic acid groups (broad SMARTS) is 1. The van der Waals surface area contributed by atoms with Crippen LogP contribution in [-0.4, -0.2) is 39.7 Å². The number of Topliss-reactive ketones (excluding diaryl/α,β-unsaturated/α-hetero) is 1. The van der Waals surface area contributed by atoms with E-state index in [1.165, 1.54) is 11.8 Å². The zero-order valence-corrected chi connectivity index (χ0v) is 12.4. The Morgan fingerprint density at radius 2 is 1.91 bits per heavy atom. The largest absolute Gasteiger partial charge is 0.476 e. The fraction of sp³-hybridized carbons (Fsp3) is 0.250. The van der Waals surface area contributed by atoms with Crippen LogP contribution in [-0.2, 0) is 11.2 Å². The lowest BCUT2D eigenvalue weighted by atomic mass is 9.94. The molecule has 1 aliphatic carbocycles. The maximum absolute atomic E-state index is 12.1. The molecule has 7 nitrogen and oxygen atoms in total.